The van der Waals surface area contributed by atoms with Gasteiger partial charge in [0.2, 0.25) is 0 Å². The first-order valence-corrected chi connectivity index (χ1v) is 9.53. The smallest absolute Gasteiger partial charge is 0.341 e. The number of nitrogens with one attached hydrogen (secondary N) is 2. The molecule has 2 heterocycles. The number of ether oxygens (including phenoxy) is 2. The summed E-state index contributed by atoms with van der Waals surface area (Å²) in [5.74, 6) is 0.100. The van der Waals surface area contributed by atoms with Crippen molar-refractivity contribution in [3.05, 3.63) is 52.2 Å². The number of hydrogen-bond acceptors (Lipinski definition) is 7. The summed E-state index contributed by atoms with van der Waals surface area (Å²) in [6, 6.07) is 7.50. The molecule has 1 saturated heterocycles. The minimum Gasteiger partial charge on any atom is -0.462 e. The van der Waals surface area contributed by atoms with Crippen LogP contribution in [-0.2, 0) is 16.0 Å². The topological polar surface area (TPSA) is 87.5 Å². The second-order valence-electron chi connectivity index (χ2n) is 6.23. The lowest BCUT2D eigenvalue weighted by Crippen LogP contribution is -2.38. The highest BCUT2D eigenvalue weighted by Gasteiger charge is 2.25. The zero-order valence-corrected chi connectivity index (χ0v) is 16.5. The molecule has 148 valence electrons. The van der Waals surface area contributed by atoms with E-state index in [0.717, 1.165) is 5.56 Å². The quantitative estimate of drug-likeness (QED) is 0.545. The first-order valence-electron chi connectivity index (χ1n) is 9.15. The second-order valence-corrected chi connectivity index (χ2v) is 6.66. The molecule has 7 nitrogen and oxygen atoms in total. The lowest BCUT2D eigenvalue weighted by Gasteiger charge is -2.31. The summed E-state index contributed by atoms with van der Waals surface area (Å²) < 4.78 is 10.6. The molecule has 0 radical (unpaired) electrons. The van der Waals surface area contributed by atoms with Gasteiger partial charge in [0.25, 0.3) is 0 Å². The van der Waals surface area contributed by atoms with Gasteiger partial charge in [0.1, 0.15) is 11.4 Å². The van der Waals surface area contributed by atoms with E-state index in [1.807, 2.05) is 29.2 Å². The van der Waals surface area contributed by atoms with Crippen molar-refractivity contribution in [2.24, 2.45) is 0 Å². The summed E-state index contributed by atoms with van der Waals surface area (Å²) in [4.78, 5) is 18.9. The molecule has 0 bridgehead atoms. The van der Waals surface area contributed by atoms with Crippen LogP contribution in [0.1, 0.15) is 28.4 Å². The average Bonchev–Trinajstić information content (AvgIpc) is 2.73. The molecule has 28 heavy (non-hydrogen) atoms. The van der Waals surface area contributed by atoms with E-state index in [9.17, 15) is 4.79 Å². The highest BCUT2D eigenvalue weighted by atomic mass is 35.5. The molecule has 1 aromatic carbocycles. The van der Waals surface area contributed by atoms with Crippen LogP contribution in [0.4, 0.5) is 11.5 Å². The summed E-state index contributed by atoms with van der Waals surface area (Å²) in [5.41, 5.74) is 2.61. The first kappa shape index (κ1) is 20.1. The molecule has 0 amide bonds. The lowest BCUT2D eigenvalue weighted by atomic mass is 10.1. The summed E-state index contributed by atoms with van der Waals surface area (Å²) in [6.07, 6.45) is 2.74. The minimum absolute atomic E-state index is 0.276. The highest BCUT2D eigenvalue weighted by Crippen LogP contribution is 2.30. The van der Waals surface area contributed by atoms with Crippen LogP contribution in [0.5, 0.6) is 0 Å². The number of anilines is 2. The minimum atomic E-state index is -0.441. The normalized spacial score (nSPS) is 13.9. The maximum atomic E-state index is 12.5. The second kappa shape index (κ2) is 9.52. The molecular weight excluding hydrogens is 380 g/mol. The molecule has 3 rings (SSSR count). The third kappa shape index (κ3) is 4.61. The number of morpholine rings is 1. The molecule has 0 spiro atoms. The molecule has 0 unspecified atom stereocenters. The maximum Gasteiger partial charge on any atom is 0.341 e. The van der Waals surface area contributed by atoms with Crippen LogP contribution in [0.25, 0.3) is 0 Å². The number of carbonyl (C=O) groups is 1. The number of halogens is 1. The van der Waals surface area contributed by atoms with Crippen LogP contribution < -0.4 is 10.2 Å². The summed E-state index contributed by atoms with van der Waals surface area (Å²) in [5, 5.41) is 11.9. The van der Waals surface area contributed by atoms with Crippen LogP contribution in [0.15, 0.2) is 30.5 Å². The van der Waals surface area contributed by atoms with Gasteiger partial charge in [-0.15, -0.1) is 0 Å². The third-order valence-corrected chi connectivity index (χ3v) is 4.68. The van der Waals surface area contributed by atoms with Crippen molar-refractivity contribution in [2.45, 2.75) is 13.5 Å². The Labute approximate surface area is 169 Å². The van der Waals surface area contributed by atoms with Crippen molar-refractivity contribution in [3.8, 4) is 0 Å². The fourth-order valence-electron chi connectivity index (χ4n) is 3.07. The Morgan fingerprint density at radius 3 is 2.71 bits per heavy atom. The Kier molecular flexibility index (Phi) is 6.84. The average molecular weight is 403 g/mol. The standard InChI is InChI=1S/C20H23ClN4O3/c1-2-28-20(26)17-13-24-19(23-12-14-3-5-15(21)6-4-14)16(11-22)18(17)25-7-9-27-10-8-25/h3-6,11,13,22H,2,7-10,12H2,1H3,(H,23,24). The number of carbonyl (C=O) groups excluding carboxylic acids is 1. The van der Waals surface area contributed by atoms with Crippen LogP contribution in [0, 0.1) is 5.41 Å². The molecule has 2 aromatic rings. The molecule has 2 N–H and O–H groups in total. The lowest BCUT2D eigenvalue weighted by molar-refractivity contribution is 0.0525. The van der Waals surface area contributed by atoms with Gasteiger partial charge in [0.05, 0.1) is 31.1 Å². The van der Waals surface area contributed by atoms with Gasteiger partial charge in [-0.3, -0.25) is 0 Å². The number of hydrogen-bond donors (Lipinski definition) is 2. The molecule has 0 saturated carbocycles. The number of esters is 1. The van der Waals surface area contributed by atoms with E-state index in [0.29, 0.717) is 60.5 Å². The van der Waals surface area contributed by atoms with Crippen molar-refractivity contribution in [1.82, 2.24) is 4.98 Å². The molecule has 1 fully saturated rings. The molecule has 1 aliphatic heterocycles. The molecule has 0 atom stereocenters. The molecule has 1 aliphatic rings. The van der Waals surface area contributed by atoms with Crippen LogP contribution in [0.2, 0.25) is 5.02 Å². The van der Waals surface area contributed by atoms with Gasteiger partial charge in [-0.25, -0.2) is 9.78 Å². The van der Waals surface area contributed by atoms with Gasteiger partial charge in [-0.2, -0.15) is 0 Å². The Morgan fingerprint density at radius 2 is 2.07 bits per heavy atom. The third-order valence-electron chi connectivity index (χ3n) is 4.43. The predicted octanol–water partition coefficient (Wildman–Crippen LogP) is 3.36. The number of pyridine rings is 1. The van der Waals surface area contributed by atoms with Crippen LogP contribution in [0.3, 0.4) is 0 Å². The predicted molar refractivity (Wildman–Crippen MR) is 110 cm³/mol. The molecular formula is C20H23ClN4O3. The maximum absolute atomic E-state index is 12.5. The highest BCUT2D eigenvalue weighted by molar-refractivity contribution is 6.30. The Balaban J connectivity index is 1.94. The van der Waals surface area contributed by atoms with Crippen molar-refractivity contribution >= 4 is 35.3 Å². The molecule has 0 aliphatic carbocycles. The first-order chi connectivity index (χ1) is 13.6. The summed E-state index contributed by atoms with van der Waals surface area (Å²) >= 11 is 5.93. The number of rotatable bonds is 7. The van der Waals surface area contributed by atoms with Crippen molar-refractivity contribution in [1.29, 1.82) is 5.41 Å². The van der Waals surface area contributed by atoms with E-state index >= 15 is 0 Å². The Morgan fingerprint density at radius 1 is 1.36 bits per heavy atom. The number of aromatic nitrogens is 1. The van der Waals surface area contributed by atoms with Gasteiger partial charge in [0, 0.05) is 37.1 Å². The fourth-order valence-corrected chi connectivity index (χ4v) is 3.19. The van der Waals surface area contributed by atoms with Gasteiger partial charge >= 0.3 is 5.97 Å². The van der Waals surface area contributed by atoms with Gasteiger partial charge in [-0.05, 0) is 24.6 Å². The van der Waals surface area contributed by atoms with Crippen LogP contribution >= 0.6 is 11.6 Å². The Bertz CT molecular complexity index is 836. The zero-order valence-electron chi connectivity index (χ0n) is 15.7. The van der Waals surface area contributed by atoms with Crippen molar-refractivity contribution in [2.75, 3.05) is 43.1 Å². The Hall–Kier alpha value is -2.64. The van der Waals surface area contributed by atoms with Crippen LogP contribution in [-0.4, -0.2) is 50.1 Å². The SMILES string of the molecule is CCOC(=O)c1cnc(NCc2ccc(Cl)cc2)c(C=N)c1N1CCOCC1. The van der Waals surface area contributed by atoms with Crippen molar-refractivity contribution < 1.29 is 14.3 Å². The summed E-state index contributed by atoms with van der Waals surface area (Å²) in [6.45, 7) is 4.95. The van der Waals surface area contributed by atoms with Crippen molar-refractivity contribution in [3.63, 3.8) is 0 Å². The van der Waals surface area contributed by atoms with E-state index in [1.165, 1.54) is 12.4 Å². The van der Waals surface area contributed by atoms with Gasteiger partial charge in [-0.1, -0.05) is 23.7 Å². The fraction of sp³-hybridized carbons (Fsp3) is 0.350. The van der Waals surface area contributed by atoms with E-state index in [2.05, 4.69) is 10.3 Å². The van der Waals surface area contributed by atoms with E-state index < -0.39 is 5.97 Å². The van der Waals surface area contributed by atoms with E-state index in [4.69, 9.17) is 26.5 Å². The summed E-state index contributed by atoms with van der Waals surface area (Å²) in [7, 11) is 0. The monoisotopic (exact) mass is 402 g/mol. The van der Waals surface area contributed by atoms with E-state index in [1.54, 1.807) is 6.92 Å². The largest absolute Gasteiger partial charge is 0.462 e. The van der Waals surface area contributed by atoms with Gasteiger partial charge < -0.3 is 25.1 Å². The van der Waals surface area contributed by atoms with Gasteiger partial charge in [0.15, 0.2) is 0 Å². The number of nitrogens with zero attached hydrogens (tertiary/aromatic N) is 2. The molecule has 1 aromatic heterocycles. The molecule has 8 heteroatoms. The zero-order chi connectivity index (χ0) is 19.9. The van der Waals surface area contributed by atoms with E-state index in [-0.39, 0.29) is 6.61 Å². The number of benzene rings is 1.